The number of benzene rings is 1. The highest BCUT2D eigenvalue weighted by atomic mass is 32.2. The fraction of sp³-hybridized carbons (Fsp3) is 0.364. The summed E-state index contributed by atoms with van der Waals surface area (Å²) in [4.78, 5) is 10.8. The Morgan fingerprint density at radius 3 is 2.72 bits per heavy atom. The molecule has 0 fully saturated rings. The maximum atomic E-state index is 11.5. The first kappa shape index (κ1) is 12.8. The van der Waals surface area contributed by atoms with E-state index in [2.05, 4.69) is 0 Å². The van der Waals surface area contributed by atoms with Gasteiger partial charge in [0.05, 0.1) is 0 Å². The van der Waals surface area contributed by atoms with Gasteiger partial charge in [0.25, 0.3) is 0 Å². The van der Waals surface area contributed by atoms with Crippen molar-refractivity contribution in [2.75, 3.05) is 6.79 Å². The Labute approximate surface area is 105 Å². The van der Waals surface area contributed by atoms with Gasteiger partial charge < -0.3 is 14.3 Å². The number of ether oxygens (including phenoxy) is 2. The van der Waals surface area contributed by atoms with Crippen molar-refractivity contribution in [1.29, 1.82) is 0 Å². The lowest BCUT2D eigenvalue weighted by Crippen LogP contribution is -2.13. The van der Waals surface area contributed by atoms with E-state index in [-0.39, 0.29) is 23.2 Å². The van der Waals surface area contributed by atoms with E-state index in [9.17, 15) is 13.2 Å². The lowest BCUT2D eigenvalue weighted by Gasteiger charge is -2.07. The van der Waals surface area contributed by atoms with Crippen LogP contribution in [0.1, 0.15) is 18.9 Å². The molecule has 98 valence electrons. The van der Waals surface area contributed by atoms with E-state index in [4.69, 9.17) is 14.6 Å². The summed E-state index contributed by atoms with van der Waals surface area (Å²) in [5.74, 6) is 0.522. The summed E-state index contributed by atoms with van der Waals surface area (Å²) in [5.41, 5.74) is 0.679. The van der Waals surface area contributed by atoms with Crippen molar-refractivity contribution in [3.63, 3.8) is 0 Å². The molecular weight excluding hydrogens is 258 g/mol. The first-order chi connectivity index (χ1) is 8.38. The molecule has 0 unspecified atom stereocenters. The van der Waals surface area contributed by atoms with Crippen LogP contribution in [0.5, 0.6) is 11.5 Å². The standard InChI is InChI=1S/C11H13NO5S/c1-7(13)2-3-8-4-9-11(17-6-16-9)10(5-8)18(12,14)15/h4-5H,2-3,6H2,1H3,(H2,12,14,15). The van der Waals surface area contributed by atoms with Gasteiger partial charge in [0.1, 0.15) is 10.7 Å². The van der Waals surface area contributed by atoms with E-state index in [1.54, 1.807) is 6.07 Å². The van der Waals surface area contributed by atoms with E-state index in [1.807, 2.05) is 0 Å². The van der Waals surface area contributed by atoms with Gasteiger partial charge in [0, 0.05) is 6.42 Å². The van der Waals surface area contributed by atoms with Crippen LogP contribution in [0.15, 0.2) is 17.0 Å². The van der Waals surface area contributed by atoms with Crippen LogP contribution in [0.4, 0.5) is 0 Å². The molecule has 0 atom stereocenters. The van der Waals surface area contributed by atoms with E-state index in [0.717, 1.165) is 0 Å². The van der Waals surface area contributed by atoms with Gasteiger partial charge in [-0.25, -0.2) is 13.6 Å². The molecule has 0 bridgehead atoms. The molecule has 0 aliphatic carbocycles. The number of carbonyl (C=O) groups excluding carboxylic acids is 1. The Hall–Kier alpha value is -1.60. The van der Waals surface area contributed by atoms with Gasteiger partial charge in [0.2, 0.25) is 16.8 Å². The lowest BCUT2D eigenvalue weighted by molar-refractivity contribution is -0.116. The number of sulfonamides is 1. The SMILES string of the molecule is CC(=O)CCc1cc2c(c(S(N)(=O)=O)c1)OCO2. The van der Waals surface area contributed by atoms with Crippen molar-refractivity contribution in [2.24, 2.45) is 5.14 Å². The largest absolute Gasteiger partial charge is 0.454 e. The van der Waals surface area contributed by atoms with Crippen LogP contribution >= 0.6 is 0 Å². The van der Waals surface area contributed by atoms with E-state index >= 15 is 0 Å². The summed E-state index contributed by atoms with van der Waals surface area (Å²) in [5, 5.41) is 5.12. The number of carbonyl (C=O) groups is 1. The minimum absolute atomic E-state index is 0.0322. The minimum Gasteiger partial charge on any atom is -0.454 e. The number of hydrogen-bond acceptors (Lipinski definition) is 5. The molecule has 0 amide bonds. The molecule has 7 heteroatoms. The van der Waals surface area contributed by atoms with Crippen molar-refractivity contribution in [3.8, 4) is 11.5 Å². The monoisotopic (exact) mass is 271 g/mol. The molecule has 2 N–H and O–H groups in total. The van der Waals surface area contributed by atoms with Gasteiger partial charge in [-0.3, -0.25) is 0 Å². The molecule has 0 spiro atoms. The fourth-order valence-electron chi connectivity index (χ4n) is 1.71. The quantitative estimate of drug-likeness (QED) is 0.864. The van der Waals surface area contributed by atoms with Gasteiger partial charge in [-0.05, 0) is 31.0 Å². The van der Waals surface area contributed by atoms with Gasteiger partial charge in [-0.15, -0.1) is 0 Å². The zero-order chi connectivity index (χ0) is 13.3. The minimum atomic E-state index is -3.88. The summed E-state index contributed by atoms with van der Waals surface area (Å²) in [6, 6.07) is 3.09. The molecule has 0 saturated carbocycles. The maximum Gasteiger partial charge on any atom is 0.241 e. The Morgan fingerprint density at radius 2 is 2.11 bits per heavy atom. The highest BCUT2D eigenvalue weighted by Gasteiger charge is 2.25. The third kappa shape index (κ3) is 2.62. The van der Waals surface area contributed by atoms with Gasteiger partial charge in [-0.1, -0.05) is 0 Å². The van der Waals surface area contributed by atoms with Crippen LogP contribution in [0.3, 0.4) is 0 Å². The molecule has 18 heavy (non-hydrogen) atoms. The van der Waals surface area contributed by atoms with Crippen molar-refractivity contribution >= 4 is 15.8 Å². The number of hydrogen-bond donors (Lipinski definition) is 1. The second-order valence-corrected chi connectivity index (χ2v) is 5.60. The van der Waals surface area contributed by atoms with Crippen molar-refractivity contribution in [2.45, 2.75) is 24.7 Å². The predicted molar refractivity (Wildman–Crippen MR) is 62.9 cm³/mol. The summed E-state index contributed by atoms with van der Waals surface area (Å²) < 4.78 is 33.2. The number of ketones is 1. The average molecular weight is 271 g/mol. The molecule has 1 heterocycles. The molecule has 0 radical (unpaired) electrons. The van der Waals surface area contributed by atoms with Gasteiger partial charge >= 0.3 is 0 Å². The van der Waals surface area contributed by atoms with Gasteiger partial charge in [0.15, 0.2) is 11.5 Å². The molecule has 2 rings (SSSR count). The normalized spacial score (nSPS) is 13.7. The molecule has 1 aliphatic heterocycles. The smallest absolute Gasteiger partial charge is 0.241 e. The number of rotatable bonds is 4. The third-order valence-corrected chi connectivity index (χ3v) is 3.49. The number of primary sulfonamides is 1. The lowest BCUT2D eigenvalue weighted by atomic mass is 10.1. The number of Topliss-reactive ketones (excluding diaryl/α,β-unsaturated/α-hetero) is 1. The maximum absolute atomic E-state index is 11.5. The molecule has 0 aromatic heterocycles. The highest BCUT2D eigenvalue weighted by Crippen LogP contribution is 2.39. The van der Waals surface area contributed by atoms with Crippen LogP contribution in [0.2, 0.25) is 0 Å². The first-order valence-electron chi connectivity index (χ1n) is 5.32. The Kier molecular flexibility index (Phi) is 3.27. The van der Waals surface area contributed by atoms with Crippen LogP contribution in [-0.4, -0.2) is 21.0 Å². The highest BCUT2D eigenvalue weighted by molar-refractivity contribution is 7.89. The first-order valence-corrected chi connectivity index (χ1v) is 6.87. The molecule has 6 nitrogen and oxygen atoms in total. The number of aryl methyl sites for hydroxylation is 1. The van der Waals surface area contributed by atoms with Crippen LogP contribution in [0, 0.1) is 0 Å². The fourth-order valence-corrected chi connectivity index (χ4v) is 2.44. The Morgan fingerprint density at radius 1 is 1.39 bits per heavy atom. The van der Waals surface area contributed by atoms with E-state index < -0.39 is 10.0 Å². The van der Waals surface area contributed by atoms with Crippen molar-refractivity contribution in [3.05, 3.63) is 17.7 Å². The summed E-state index contributed by atoms with van der Waals surface area (Å²) in [6.45, 7) is 1.45. The van der Waals surface area contributed by atoms with E-state index in [0.29, 0.717) is 24.2 Å². The molecule has 1 aromatic rings. The van der Waals surface area contributed by atoms with Gasteiger partial charge in [-0.2, -0.15) is 0 Å². The Balaban J connectivity index is 2.43. The van der Waals surface area contributed by atoms with E-state index in [1.165, 1.54) is 13.0 Å². The van der Waals surface area contributed by atoms with Crippen LogP contribution < -0.4 is 14.6 Å². The molecule has 1 aliphatic rings. The summed E-state index contributed by atoms with van der Waals surface area (Å²) >= 11 is 0. The average Bonchev–Trinajstić information content (AvgIpc) is 2.71. The second kappa shape index (κ2) is 4.58. The van der Waals surface area contributed by atoms with Crippen molar-refractivity contribution in [1.82, 2.24) is 0 Å². The number of nitrogens with two attached hydrogens (primary N) is 1. The third-order valence-electron chi connectivity index (χ3n) is 2.57. The molecule has 1 aromatic carbocycles. The predicted octanol–water partition coefficient (Wildman–Crippen LogP) is 0.584. The number of fused-ring (bicyclic) bond motifs is 1. The zero-order valence-electron chi connectivity index (χ0n) is 9.80. The second-order valence-electron chi connectivity index (χ2n) is 4.07. The molecule has 0 saturated heterocycles. The van der Waals surface area contributed by atoms with Crippen LogP contribution in [-0.2, 0) is 21.2 Å². The molecular formula is C11H13NO5S. The van der Waals surface area contributed by atoms with Crippen molar-refractivity contribution < 1.29 is 22.7 Å². The Bertz CT molecular complexity index is 594. The summed E-state index contributed by atoms with van der Waals surface area (Å²) in [6.07, 6.45) is 0.776. The van der Waals surface area contributed by atoms with Crippen LogP contribution in [0.25, 0.3) is 0 Å². The summed E-state index contributed by atoms with van der Waals surface area (Å²) in [7, 11) is -3.88. The topological polar surface area (TPSA) is 95.7 Å². The zero-order valence-corrected chi connectivity index (χ0v) is 10.6.